The van der Waals surface area contributed by atoms with Crippen molar-refractivity contribution >= 4 is 37.8 Å². The molecule has 0 atom stereocenters. The predicted molar refractivity (Wildman–Crippen MR) is 105 cm³/mol. The van der Waals surface area contributed by atoms with Crippen LogP contribution in [0, 0.1) is 0 Å². The molecule has 0 aromatic heterocycles. The van der Waals surface area contributed by atoms with Gasteiger partial charge in [-0.25, -0.2) is 8.42 Å². The van der Waals surface area contributed by atoms with Gasteiger partial charge in [0, 0.05) is 23.1 Å². The lowest BCUT2D eigenvalue weighted by atomic mass is 10.2. The van der Waals surface area contributed by atoms with Crippen LogP contribution in [0.25, 0.3) is 0 Å². The summed E-state index contributed by atoms with van der Waals surface area (Å²) in [7, 11) is -3.55. The van der Waals surface area contributed by atoms with Crippen molar-refractivity contribution < 1.29 is 23.1 Å². The number of phenolic OH excluding ortho intramolecular Hbond substituents is 1. The van der Waals surface area contributed by atoms with Crippen LogP contribution in [-0.4, -0.2) is 42.7 Å². The van der Waals surface area contributed by atoms with E-state index in [4.69, 9.17) is 0 Å². The Bertz CT molecular complexity index is 1000. The van der Waals surface area contributed by atoms with E-state index in [2.05, 4.69) is 26.8 Å². The third-order valence-electron chi connectivity index (χ3n) is 4.31. The largest absolute Gasteiger partial charge is 0.507 e. The summed E-state index contributed by atoms with van der Waals surface area (Å²) in [5.41, 5.74) is 4.61. The molecule has 8 nitrogen and oxygen atoms in total. The molecule has 1 saturated heterocycles. The smallest absolute Gasteiger partial charge is 0.273 e. The number of hydrogen-bond acceptors (Lipinski definition) is 5. The zero-order valence-electron chi connectivity index (χ0n) is 14.7. The number of halogens is 1. The number of aromatic hydroxyl groups is 1. The molecule has 0 aliphatic carbocycles. The maximum absolute atomic E-state index is 12.5. The molecule has 0 spiro atoms. The van der Waals surface area contributed by atoms with Crippen molar-refractivity contribution in [3.8, 4) is 5.75 Å². The number of carbonyl (C=O) groups is 2. The SMILES string of the molecule is O=C(NNC(=O)c1cc(Br)ccc1O)c1ccc(S(=O)(=O)N2CCCC2)cc1. The number of hydrazine groups is 1. The Balaban J connectivity index is 1.65. The number of carbonyl (C=O) groups excluding carboxylic acids is 2. The molecule has 3 rings (SSSR count). The van der Waals surface area contributed by atoms with E-state index in [0.29, 0.717) is 17.6 Å². The molecule has 2 amide bonds. The number of sulfonamides is 1. The molecular weight excluding hydrogens is 450 g/mol. The van der Waals surface area contributed by atoms with E-state index in [0.717, 1.165) is 12.8 Å². The lowest BCUT2D eigenvalue weighted by molar-refractivity contribution is 0.0845. The lowest BCUT2D eigenvalue weighted by Gasteiger charge is -2.15. The van der Waals surface area contributed by atoms with Crippen molar-refractivity contribution in [1.82, 2.24) is 15.2 Å². The molecule has 1 fully saturated rings. The number of amides is 2. The predicted octanol–water partition coefficient (Wildman–Crippen LogP) is 2.01. The highest BCUT2D eigenvalue weighted by molar-refractivity contribution is 9.10. The number of nitrogens with zero attached hydrogens (tertiary/aromatic N) is 1. The maximum atomic E-state index is 12.5. The van der Waals surface area contributed by atoms with Crippen LogP contribution in [0.2, 0.25) is 0 Å². The molecule has 0 saturated carbocycles. The van der Waals surface area contributed by atoms with Gasteiger partial charge in [0.2, 0.25) is 10.0 Å². The summed E-state index contributed by atoms with van der Waals surface area (Å²) < 4.78 is 27.0. The summed E-state index contributed by atoms with van der Waals surface area (Å²) in [6.07, 6.45) is 1.68. The van der Waals surface area contributed by atoms with Crippen LogP contribution in [0.15, 0.2) is 51.8 Å². The van der Waals surface area contributed by atoms with Gasteiger partial charge >= 0.3 is 0 Å². The second-order valence-corrected chi connectivity index (χ2v) is 9.06. The van der Waals surface area contributed by atoms with Crippen LogP contribution < -0.4 is 10.9 Å². The van der Waals surface area contributed by atoms with Crippen LogP contribution >= 0.6 is 15.9 Å². The van der Waals surface area contributed by atoms with Gasteiger partial charge in [0.25, 0.3) is 11.8 Å². The first-order valence-electron chi connectivity index (χ1n) is 8.48. The first-order chi connectivity index (χ1) is 13.3. The van der Waals surface area contributed by atoms with Crippen LogP contribution in [0.5, 0.6) is 5.75 Å². The van der Waals surface area contributed by atoms with Gasteiger partial charge in [-0.2, -0.15) is 4.31 Å². The molecule has 0 unspecified atom stereocenters. The molecule has 148 valence electrons. The van der Waals surface area contributed by atoms with Crippen LogP contribution in [-0.2, 0) is 10.0 Å². The van der Waals surface area contributed by atoms with Crippen molar-refractivity contribution in [1.29, 1.82) is 0 Å². The van der Waals surface area contributed by atoms with E-state index in [-0.39, 0.29) is 21.8 Å². The molecule has 2 aromatic carbocycles. The molecule has 1 heterocycles. The van der Waals surface area contributed by atoms with Crippen molar-refractivity contribution in [3.05, 3.63) is 58.1 Å². The third kappa shape index (κ3) is 4.34. The standard InChI is InChI=1S/C18H18BrN3O5S/c19-13-5-8-16(23)15(11-13)18(25)21-20-17(24)12-3-6-14(7-4-12)28(26,27)22-9-1-2-10-22/h3-8,11,23H,1-2,9-10H2,(H,20,24)(H,21,25). The lowest BCUT2D eigenvalue weighted by Crippen LogP contribution is -2.41. The van der Waals surface area contributed by atoms with Gasteiger partial charge in [-0.15, -0.1) is 0 Å². The number of nitrogens with one attached hydrogen (secondary N) is 2. The van der Waals surface area contributed by atoms with E-state index in [1.807, 2.05) is 0 Å². The summed E-state index contributed by atoms with van der Waals surface area (Å²) in [5, 5.41) is 9.73. The highest BCUT2D eigenvalue weighted by atomic mass is 79.9. The zero-order chi connectivity index (χ0) is 20.3. The molecule has 28 heavy (non-hydrogen) atoms. The van der Waals surface area contributed by atoms with E-state index >= 15 is 0 Å². The molecular formula is C18H18BrN3O5S. The number of benzene rings is 2. The fourth-order valence-corrected chi connectivity index (χ4v) is 4.68. The normalized spacial score (nSPS) is 14.6. The van der Waals surface area contributed by atoms with Gasteiger partial charge in [-0.05, 0) is 55.3 Å². The topological polar surface area (TPSA) is 116 Å². The van der Waals surface area contributed by atoms with E-state index in [1.165, 1.54) is 40.7 Å². The maximum Gasteiger partial charge on any atom is 0.273 e. The van der Waals surface area contributed by atoms with Crippen molar-refractivity contribution in [2.45, 2.75) is 17.7 Å². The Morgan fingerprint density at radius 3 is 2.21 bits per heavy atom. The molecule has 10 heteroatoms. The summed E-state index contributed by atoms with van der Waals surface area (Å²) in [5.74, 6) is -1.54. The Hall–Kier alpha value is -2.43. The first-order valence-corrected chi connectivity index (χ1v) is 10.7. The Morgan fingerprint density at radius 1 is 0.964 bits per heavy atom. The van der Waals surface area contributed by atoms with Gasteiger partial charge in [-0.3, -0.25) is 20.4 Å². The van der Waals surface area contributed by atoms with E-state index < -0.39 is 21.8 Å². The number of rotatable bonds is 4. The Labute approximate surface area is 170 Å². The van der Waals surface area contributed by atoms with Crippen LogP contribution in [0.4, 0.5) is 0 Å². The van der Waals surface area contributed by atoms with Crippen molar-refractivity contribution in [2.75, 3.05) is 13.1 Å². The zero-order valence-corrected chi connectivity index (χ0v) is 17.1. The van der Waals surface area contributed by atoms with Gasteiger partial charge in [0.1, 0.15) is 5.75 Å². The summed E-state index contributed by atoms with van der Waals surface area (Å²) >= 11 is 3.20. The van der Waals surface area contributed by atoms with Gasteiger partial charge in [0.15, 0.2) is 0 Å². The fourth-order valence-electron chi connectivity index (χ4n) is 2.80. The first kappa shape index (κ1) is 20.3. The average Bonchev–Trinajstić information content (AvgIpc) is 3.23. The van der Waals surface area contributed by atoms with E-state index in [9.17, 15) is 23.1 Å². The average molecular weight is 468 g/mol. The highest BCUT2D eigenvalue weighted by Crippen LogP contribution is 2.22. The second-order valence-electron chi connectivity index (χ2n) is 6.21. The molecule has 0 bridgehead atoms. The Kier molecular flexibility index (Phi) is 6.01. The van der Waals surface area contributed by atoms with Gasteiger partial charge in [0.05, 0.1) is 10.5 Å². The summed E-state index contributed by atoms with van der Waals surface area (Å²) in [6, 6.07) is 9.81. The highest BCUT2D eigenvalue weighted by Gasteiger charge is 2.27. The molecule has 1 aliphatic heterocycles. The van der Waals surface area contributed by atoms with Crippen molar-refractivity contribution in [3.63, 3.8) is 0 Å². The molecule has 2 aromatic rings. The van der Waals surface area contributed by atoms with E-state index in [1.54, 1.807) is 6.07 Å². The van der Waals surface area contributed by atoms with Crippen molar-refractivity contribution in [2.24, 2.45) is 0 Å². The van der Waals surface area contributed by atoms with Gasteiger partial charge in [-0.1, -0.05) is 15.9 Å². The minimum Gasteiger partial charge on any atom is -0.507 e. The molecule has 0 radical (unpaired) electrons. The monoisotopic (exact) mass is 467 g/mol. The molecule has 1 aliphatic rings. The minimum atomic E-state index is -3.55. The quantitative estimate of drug-likeness (QED) is 0.594. The summed E-state index contributed by atoms with van der Waals surface area (Å²) in [4.78, 5) is 24.4. The number of hydrogen-bond donors (Lipinski definition) is 3. The van der Waals surface area contributed by atoms with Crippen LogP contribution in [0.3, 0.4) is 0 Å². The second kappa shape index (κ2) is 8.29. The van der Waals surface area contributed by atoms with Gasteiger partial charge < -0.3 is 5.11 Å². The third-order valence-corrected chi connectivity index (χ3v) is 6.72. The summed E-state index contributed by atoms with van der Waals surface area (Å²) in [6.45, 7) is 0.998. The number of phenols is 1. The molecule has 3 N–H and O–H groups in total. The Morgan fingerprint density at radius 2 is 1.57 bits per heavy atom. The minimum absolute atomic E-state index is 0.0123. The van der Waals surface area contributed by atoms with Crippen LogP contribution in [0.1, 0.15) is 33.6 Å². The fraction of sp³-hybridized carbons (Fsp3) is 0.222.